The van der Waals surface area contributed by atoms with Crippen molar-refractivity contribution in [1.82, 2.24) is 24.5 Å². The molecule has 6 nitrogen and oxygen atoms in total. The second-order valence-corrected chi connectivity index (χ2v) is 9.62. The predicted octanol–water partition coefficient (Wildman–Crippen LogP) is 3.98. The molecule has 0 amide bonds. The van der Waals surface area contributed by atoms with Gasteiger partial charge in [0.1, 0.15) is 5.02 Å². The molecule has 2 aliphatic rings. The summed E-state index contributed by atoms with van der Waals surface area (Å²) in [6, 6.07) is 3.61. The Morgan fingerprint density at radius 2 is 2.00 bits per heavy atom. The van der Waals surface area contributed by atoms with Crippen LogP contribution in [0, 0.1) is 11.3 Å². The third-order valence-corrected chi connectivity index (χ3v) is 7.13. The summed E-state index contributed by atoms with van der Waals surface area (Å²) in [6.07, 6.45) is 4.64. The molecule has 10 heteroatoms. The highest BCUT2D eigenvalue weighted by Crippen LogP contribution is 2.52. The Balaban J connectivity index is 1.09. The molecule has 0 bridgehead atoms. The molecule has 0 unspecified atom stereocenters. The van der Waals surface area contributed by atoms with Gasteiger partial charge in [-0.2, -0.15) is 18.3 Å². The molecule has 2 fully saturated rings. The first-order valence-electron chi connectivity index (χ1n) is 10.7. The molecule has 1 aliphatic carbocycles. The van der Waals surface area contributed by atoms with Crippen LogP contribution in [0.25, 0.3) is 5.52 Å². The number of H-pyrrole nitrogens is 1. The van der Waals surface area contributed by atoms with Crippen molar-refractivity contribution in [3.63, 3.8) is 0 Å². The number of pyridine rings is 1. The average molecular weight is 466 g/mol. The summed E-state index contributed by atoms with van der Waals surface area (Å²) in [5, 5.41) is 6.34. The van der Waals surface area contributed by atoms with Crippen LogP contribution in [0.4, 0.5) is 13.2 Å². The molecule has 170 valence electrons. The molecule has 1 N–H and O–H groups in total. The third kappa shape index (κ3) is 4.03. The van der Waals surface area contributed by atoms with Gasteiger partial charge in [0.15, 0.2) is 0 Å². The summed E-state index contributed by atoms with van der Waals surface area (Å²) in [4.78, 5) is 17.4. The minimum atomic E-state index is -4.46. The van der Waals surface area contributed by atoms with Crippen molar-refractivity contribution in [2.24, 2.45) is 11.3 Å². The molecule has 5 rings (SSSR count). The van der Waals surface area contributed by atoms with Gasteiger partial charge in [-0.25, -0.2) is 10.1 Å². The van der Waals surface area contributed by atoms with Gasteiger partial charge < -0.3 is 4.90 Å². The Bertz CT molecular complexity index is 1190. The Kier molecular flexibility index (Phi) is 5.28. The topological polar surface area (TPSA) is 66.3 Å². The normalized spacial score (nSPS) is 18.8. The van der Waals surface area contributed by atoms with Crippen molar-refractivity contribution in [3.05, 3.63) is 63.1 Å². The molecule has 32 heavy (non-hydrogen) atoms. The summed E-state index contributed by atoms with van der Waals surface area (Å²) in [5.41, 5.74) is 2.16. The quantitative estimate of drug-likeness (QED) is 0.598. The highest BCUT2D eigenvalue weighted by molar-refractivity contribution is 6.31. The van der Waals surface area contributed by atoms with Crippen LogP contribution >= 0.6 is 11.6 Å². The summed E-state index contributed by atoms with van der Waals surface area (Å²) in [7, 11) is 0. The standard InChI is InChI=1S/C22H23ClF3N5O/c23-18-16(9-28-29-19(18)32)2-1-5-30-12-21(13-30)7-15(8-21)6-14-3-4-17-10-27-20(22(24,25)26)31(17)11-14/h3-4,9-11,15H,1-2,5-8,12-13H2,(H,29,32). The van der Waals surface area contributed by atoms with E-state index < -0.39 is 12.0 Å². The number of nitrogens with zero attached hydrogens (tertiary/aromatic N) is 4. The lowest BCUT2D eigenvalue weighted by Crippen LogP contribution is -2.62. The number of fused-ring (bicyclic) bond motifs is 1. The van der Waals surface area contributed by atoms with E-state index in [1.165, 1.54) is 6.20 Å². The lowest BCUT2D eigenvalue weighted by atomic mass is 9.56. The lowest BCUT2D eigenvalue weighted by Gasteiger charge is -2.59. The van der Waals surface area contributed by atoms with E-state index in [-0.39, 0.29) is 10.6 Å². The average Bonchev–Trinajstić information content (AvgIpc) is 3.11. The smallest absolute Gasteiger partial charge is 0.302 e. The molecule has 0 atom stereocenters. The van der Waals surface area contributed by atoms with Gasteiger partial charge in [-0.1, -0.05) is 17.7 Å². The van der Waals surface area contributed by atoms with E-state index in [4.69, 9.17) is 11.6 Å². The number of aromatic nitrogens is 4. The van der Waals surface area contributed by atoms with Crippen molar-refractivity contribution < 1.29 is 13.2 Å². The minimum Gasteiger partial charge on any atom is -0.302 e. The zero-order valence-electron chi connectivity index (χ0n) is 17.3. The molecule has 0 radical (unpaired) electrons. The molecule has 3 aromatic heterocycles. The number of aromatic amines is 1. The van der Waals surface area contributed by atoms with E-state index >= 15 is 0 Å². The Labute approximate surface area is 187 Å². The monoisotopic (exact) mass is 465 g/mol. The fourth-order valence-electron chi connectivity index (χ4n) is 5.41. The maximum atomic E-state index is 13.1. The second-order valence-electron chi connectivity index (χ2n) is 9.24. The molecular weight excluding hydrogens is 443 g/mol. The molecule has 3 aromatic rings. The summed E-state index contributed by atoms with van der Waals surface area (Å²) < 4.78 is 40.5. The zero-order chi connectivity index (χ0) is 22.5. The maximum absolute atomic E-state index is 13.1. The molecule has 0 aromatic carbocycles. The highest BCUT2D eigenvalue weighted by atomic mass is 35.5. The second kappa shape index (κ2) is 7.88. The van der Waals surface area contributed by atoms with Gasteiger partial charge in [0, 0.05) is 19.3 Å². The Morgan fingerprint density at radius 3 is 2.75 bits per heavy atom. The van der Waals surface area contributed by atoms with E-state index in [0.717, 1.165) is 67.3 Å². The SMILES string of the molecule is O=c1[nH]ncc(CCCN2CC3(CC(Cc4ccc5cnc(C(F)(F)F)n5c4)C3)C2)c1Cl. The van der Waals surface area contributed by atoms with Gasteiger partial charge in [0.2, 0.25) is 5.82 Å². The Morgan fingerprint density at radius 1 is 1.22 bits per heavy atom. The van der Waals surface area contributed by atoms with Crippen LogP contribution < -0.4 is 5.56 Å². The van der Waals surface area contributed by atoms with Gasteiger partial charge in [-0.05, 0) is 67.2 Å². The number of hydrogen-bond acceptors (Lipinski definition) is 4. The van der Waals surface area contributed by atoms with Crippen molar-refractivity contribution in [1.29, 1.82) is 0 Å². The van der Waals surface area contributed by atoms with Gasteiger partial charge in [0.05, 0.1) is 17.9 Å². The van der Waals surface area contributed by atoms with E-state index in [1.54, 1.807) is 18.5 Å². The predicted molar refractivity (Wildman–Crippen MR) is 114 cm³/mol. The first-order chi connectivity index (χ1) is 15.2. The first-order valence-corrected chi connectivity index (χ1v) is 11.1. The largest absolute Gasteiger partial charge is 0.450 e. The molecule has 1 aliphatic heterocycles. The molecule has 1 spiro atoms. The van der Waals surface area contributed by atoms with Crippen molar-refractivity contribution >= 4 is 17.1 Å². The molecule has 4 heterocycles. The van der Waals surface area contributed by atoms with Crippen LogP contribution in [-0.2, 0) is 19.0 Å². The number of imidazole rings is 1. The summed E-state index contributed by atoms with van der Waals surface area (Å²) in [5.74, 6) is -0.361. The molecule has 1 saturated carbocycles. The number of halogens is 4. The molecule has 1 saturated heterocycles. The van der Waals surface area contributed by atoms with E-state index in [1.807, 2.05) is 6.07 Å². The number of alkyl halides is 3. The van der Waals surface area contributed by atoms with E-state index in [2.05, 4.69) is 20.1 Å². The van der Waals surface area contributed by atoms with Crippen LogP contribution in [0.15, 0.2) is 35.5 Å². The third-order valence-electron chi connectivity index (χ3n) is 6.72. The minimum absolute atomic E-state index is 0.221. The van der Waals surface area contributed by atoms with E-state index in [9.17, 15) is 18.0 Å². The van der Waals surface area contributed by atoms with Crippen molar-refractivity contribution in [2.75, 3.05) is 19.6 Å². The van der Waals surface area contributed by atoms with Crippen LogP contribution in [0.2, 0.25) is 5.02 Å². The van der Waals surface area contributed by atoms with Crippen LogP contribution in [-0.4, -0.2) is 44.1 Å². The van der Waals surface area contributed by atoms with Gasteiger partial charge in [-0.3, -0.25) is 9.20 Å². The van der Waals surface area contributed by atoms with Gasteiger partial charge in [-0.15, -0.1) is 0 Å². The lowest BCUT2D eigenvalue weighted by molar-refractivity contribution is -0.145. The zero-order valence-corrected chi connectivity index (χ0v) is 18.1. The van der Waals surface area contributed by atoms with Crippen LogP contribution in [0.1, 0.15) is 36.2 Å². The summed E-state index contributed by atoms with van der Waals surface area (Å²) >= 11 is 6.01. The van der Waals surface area contributed by atoms with Crippen LogP contribution in [0.3, 0.4) is 0 Å². The first kappa shape index (κ1) is 21.5. The Hall–Kier alpha value is -2.39. The molecular formula is C22H23ClF3N5O. The van der Waals surface area contributed by atoms with Crippen LogP contribution in [0.5, 0.6) is 0 Å². The summed E-state index contributed by atoms with van der Waals surface area (Å²) in [6.45, 7) is 3.07. The van der Waals surface area contributed by atoms with Gasteiger partial charge in [0.25, 0.3) is 5.56 Å². The highest BCUT2D eigenvalue weighted by Gasteiger charge is 2.51. The van der Waals surface area contributed by atoms with E-state index in [0.29, 0.717) is 16.8 Å². The fraction of sp³-hybridized carbons (Fsp3) is 0.500. The number of likely N-dealkylation sites (tertiary alicyclic amines) is 1. The number of hydrogen-bond donors (Lipinski definition) is 1. The van der Waals surface area contributed by atoms with Gasteiger partial charge >= 0.3 is 6.18 Å². The maximum Gasteiger partial charge on any atom is 0.450 e. The van der Waals surface area contributed by atoms with Crippen molar-refractivity contribution in [2.45, 2.75) is 38.3 Å². The van der Waals surface area contributed by atoms with Crippen molar-refractivity contribution in [3.8, 4) is 0 Å². The number of aryl methyl sites for hydroxylation is 1. The number of nitrogens with one attached hydrogen (secondary N) is 1. The fourth-order valence-corrected chi connectivity index (χ4v) is 5.60. The number of rotatable bonds is 6.